The van der Waals surface area contributed by atoms with Gasteiger partial charge in [-0.25, -0.2) is 0 Å². The van der Waals surface area contributed by atoms with Crippen LogP contribution in [-0.2, 0) is 6.42 Å². The smallest absolute Gasteiger partial charge is 0.0354 e. The van der Waals surface area contributed by atoms with Gasteiger partial charge >= 0.3 is 0 Å². The lowest BCUT2D eigenvalue weighted by atomic mass is 10.2. The maximum Gasteiger partial charge on any atom is 0.0354 e. The minimum absolute atomic E-state index is 0.809. The van der Waals surface area contributed by atoms with Crippen LogP contribution in [0.3, 0.4) is 0 Å². The van der Waals surface area contributed by atoms with Gasteiger partial charge in [0.2, 0.25) is 0 Å². The van der Waals surface area contributed by atoms with Crippen molar-refractivity contribution in [2.75, 3.05) is 0 Å². The van der Waals surface area contributed by atoms with Crippen molar-refractivity contribution in [3.05, 3.63) is 35.9 Å². The van der Waals surface area contributed by atoms with Gasteiger partial charge in [0.1, 0.15) is 0 Å². The third kappa shape index (κ3) is 2.40. The van der Waals surface area contributed by atoms with Crippen molar-refractivity contribution in [3.63, 3.8) is 0 Å². The van der Waals surface area contributed by atoms with Gasteiger partial charge in [0.05, 0.1) is 0 Å². The fraction of sp³-hybridized carbons (Fsp3) is 0.111. The molecule has 0 aliphatic carbocycles. The molecule has 0 atom stereocenters. The molecule has 0 aliphatic rings. The van der Waals surface area contributed by atoms with Crippen molar-refractivity contribution < 1.29 is 0 Å². The van der Waals surface area contributed by atoms with Gasteiger partial charge in [-0.1, -0.05) is 30.2 Å². The molecule has 0 amide bonds. The standard InChI is InChI=1S/C9H6I/c10-8-4-7-9-5-2-1-3-6-9/h1-3,5H,7H2. The lowest BCUT2D eigenvalue weighted by molar-refractivity contribution is 1.31. The van der Waals surface area contributed by atoms with Crippen molar-refractivity contribution in [1.29, 1.82) is 0 Å². The lowest BCUT2D eigenvalue weighted by Crippen LogP contribution is -1.77. The Balaban J connectivity index is 2.64. The average Bonchev–Trinajstić information content (AvgIpc) is 2.03. The fourth-order valence-electron chi connectivity index (χ4n) is 0.669. The normalized spacial score (nSPS) is 8.10. The van der Waals surface area contributed by atoms with Crippen LogP contribution in [0, 0.1) is 15.9 Å². The second kappa shape index (κ2) is 4.35. The number of halogens is 1. The van der Waals surface area contributed by atoms with Crippen LogP contribution < -0.4 is 0 Å². The molecule has 1 radical (unpaired) electrons. The topological polar surface area (TPSA) is 0 Å². The Kier molecular flexibility index (Phi) is 3.31. The second-order valence-corrected chi connectivity index (χ2v) is 2.38. The highest BCUT2D eigenvalue weighted by molar-refractivity contribution is 14.1. The van der Waals surface area contributed by atoms with Gasteiger partial charge in [-0.3, -0.25) is 0 Å². The Morgan fingerprint density at radius 2 is 2.40 bits per heavy atom. The van der Waals surface area contributed by atoms with E-state index in [2.05, 4.69) is 15.9 Å². The Hall–Kier alpha value is -0.490. The molecule has 0 saturated carbocycles. The molecule has 0 nitrogen and oxygen atoms in total. The Bertz CT molecular complexity index is 240. The number of benzene rings is 1. The van der Waals surface area contributed by atoms with Gasteiger partial charge in [0.25, 0.3) is 0 Å². The van der Waals surface area contributed by atoms with Gasteiger partial charge < -0.3 is 0 Å². The molecule has 0 spiro atoms. The molecule has 49 valence electrons. The minimum Gasteiger partial charge on any atom is -0.0871 e. The van der Waals surface area contributed by atoms with E-state index in [1.54, 1.807) is 0 Å². The van der Waals surface area contributed by atoms with E-state index < -0.39 is 0 Å². The van der Waals surface area contributed by atoms with Crippen LogP contribution in [-0.4, -0.2) is 0 Å². The van der Waals surface area contributed by atoms with E-state index in [4.69, 9.17) is 0 Å². The summed E-state index contributed by atoms with van der Waals surface area (Å²) in [6, 6.07) is 11.0. The molecule has 1 aromatic carbocycles. The molecular weight excluding hydrogens is 235 g/mol. The van der Waals surface area contributed by atoms with Crippen LogP contribution in [0.5, 0.6) is 0 Å². The summed E-state index contributed by atoms with van der Waals surface area (Å²) in [7, 11) is 0. The van der Waals surface area contributed by atoms with Crippen LogP contribution >= 0.6 is 22.6 Å². The predicted octanol–water partition coefficient (Wildman–Crippen LogP) is 2.43. The molecule has 10 heavy (non-hydrogen) atoms. The molecule has 1 aromatic rings. The van der Waals surface area contributed by atoms with Gasteiger partial charge in [0, 0.05) is 29.0 Å². The van der Waals surface area contributed by atoms with Crippen LogP contribution in [0.4, 0.5) is 0 Å². The van der Waals surface area contributed by atoms with Gasteiger partial charge in [0.15, 0.2) is 0 Å². The summed E-state index contributed by atoms with van der Waals surface area (Å²) in [4.78, 5) is 0. The first kappa shape index (κ1) is 7.62. The first-order valence-electron chi connectivity index (χ1n) is 2.97. The summed E-state index contributed by atoms with van der Waals surface area (Å²) >= 11 is 2.04. The van der Waals surface area contributed by atoms with Crippen molar-refractivity contribution in [2.45, 2.75) is 6.42 Å². The summed E-state index contributed by atoms with van der Waals surface area (Å²) in [6.07, 6.45) is 0.809. The zero-order valence-electron chi connectivity index (χ0n) is 5.39. The van der Waals surface area contributed by atoms with Gasteiger partial charge in [-0.2, -0.15) is 0 Å². The van der Waals surface area contributed by atoms with Crippen molar-refractivity contribution in [1.82, 2.24) is 0 Å². The first-order valence-corrected chi connectivity index (χ1v) is 4.05. The molecule has 0 saturated heterocycles. The highest BCUT2D eigenvalue weighted by Crippen LogP contribution is 1.96. The van der Waals surface area contributed by atoms with Crippen LogP contribution in [0.1, 0.15) is 5.56 Å². The number of rotatable bonds is 1. The zero-order valence-corrected chi connectivity index (χ0v) is 7.55. The van der Waals surface area contributed by atoms with E-state index in [9.17, 15) is 0 Å². The largest absolute Gasteiger partial charge is 0.0871 e. The van der Waals surface area contributed by atoms with Gasteiger partial charge in [-0.15, -0.1) is 0 Å². The van der Waals surface area contributed by atoms with E-state index in [-0.39, 0.29) is 0 Å². The van der Waals surface area contributed by atoms with Crippen LogP contribution in [0.2, 0.25) is 0 Å². The average molecular weight is 241 g/mol. The fourth-order valence-corrected chi connectivity index (χ4v) is 0.860. The molecule has 0 fully saturated rings. The Morgan fingerprint density at radius 1 is 1.50 bits per heavy atom. The molecule has 1 rings (SSSR count). The summed E-state index contributed by atoms with van der Waals surface area (Å²) < 4.78 is 2.82. The maximum atomic E-state index is 3.10. The van der Waals surface area contributed by atoms with E-state index in [1.165, 1.54) is 0 Å². The van der Waals surface area contributed by atoms with E-state index in [0.717, 1.165) is 12.0 Å². The number of hydrogen-bond donors (Lipinski definition) is 0. The second-order valence-electron chi connectivity index (χ2n) is 1.84. The summed E-state index contributed by atoms with van der Waals surface area (Å²) in [5, 5.41) is 0. The summed E-state index contributed by atoms with van der Waals surface area (Å²) in [6.45, 7) is 0. The highest BCUT2D eigenvalue weighted by atomic mass is 127. The van der Waals surface area contributed by atoms with E-state index in [1.807, 2.05) is 46.9 Å². The van der Waals surface area contributed by atoms with E-state index in [0.29, 0.717) is 0 Å². The van der Waals surface area contributed by atoms with Crippen molar-refractivity contribution in [2.24, 2.45) is 0 Å². The maximum absolute atomic E-state index is 3.10. The summed E-state index contributed by atoms with van der Waals surface area (Å²) in [5.74, 6) is 2.97. The molecule has 1 heteroatoms. The third-order valence-corrected chi connectivity index (χ3v) is 1.50. The molecule has 0 bridgehead atoms. The Morgan fingerprint density at radius 3 is 3.00 bits per heavy atom. The monoisotopic (exact) mass is 241 g/mol. The molecular formula is C9H6I. The van der Waals surface area contributed by atoms with Crippen LogP contribution in [0.15, 0.2) is 24.3 Å². The van der Waals surface area contributed by atoms with Crippen molar-refractivity contribution in [3.8, 4) is 9.85 Å². The summed E-state index contributed by atoms with van der Waals surface area (Å²) in [5.41, 5.74) is 1.16. The quantitative estimate of drug-likeness (QED) is 0.523. The molecule has 0 N–H and O–H groups in total. The Labute approximate surface area is 74.8 Å². The zero-order chi connectivity index (χ0) is 7.23. The van der Waals surface area contributed by atoms with Crippen LogP contribution in [0.25, 0.3) is 0 Å². The predicted molar refractivity (Wildman–Crippen MR) is 50.8 cm³/mol. The van der Waals surface area contributed by atoms with Gasteiger partial charge in [-0.05, 0) is 15.6 Å². The third-order valence-electron chi connectivity index (χ3n) is 1.12. The SMILES string of the molecule is IC#CCc1[c]cccc1. The molecule has 0 unspecified atom stereocenters. The lowest BCUT2D eigenvalue weighted by Gasteiger charge is -1.88. The molecule has 0 heterocycles. The number of hydrogen-bond acceptors (Lipinski definition) is 0. The minimum atomic E-state index is 0.809. The highest BCUT2D eigenvalue weighted by Gasteiger charge is 1.84. The molecule has 0 aliphatic heterocycles. The first-order chi connectivity index (χ1) is 4.93. The van der Waals surface area contributed by atoms with Crippen molar-refractivity contribution >= 4 is 22.6 Å². The molecule has 0 aromatic heterocycles. The van der Waals surface area contributed by atoms with E-state index >= 15 is 0 Å².